The van der Waals surface area contributed by atoms with Gasteiger partial charge in [-0.1, -0.05) is 0 Å². The standard InChI is InChI=1S/C12H16Br2N2O2/c1-2-16-11(17)3-4-18-12-9(13)5-8(7-15)6-10(12)14/h5-6H,2-4,7,15H2,1H3,(H,16,17). The lowest BCUT2D eigenvalue weighted by atomic mass is 10.2. The molecule has 0 aliphatic rings. The summed E-state index contributed by atoms with van der Waals surface area (Å²) < 4.78 is 7.24. The van der Waals surface area contributed by atoms with E-state index in [9.17, 15) is 4.79 Å². The molecular weight excluding hydrogens is 364 g/mol. The second kappa shape index (κ2) is 7.76. The summed E-state index contributed by atoms with van der Waals surface area (Å²) in [6, 6.07) is 3.82. The molecule has 0 aromatic heterocycles. The van der Waals surface area contributed by atoms with Crippen LogP contribution in [0.2, 0.25) is 0 Å². The van der Waals surface area contributed by atoms with Crippen LogP contribution in [0.5, 0.6) is 5.75 Å². The zero-order valence-electron chi connectivity index (χ0n) is 10.1. The van der Waals surface area contributed by atoms with Gasteiger partial charge in [0.15, 0.2) is 0 Å². The quantitative estimate of drug-likeness (QED) is 0.798. The third kappa shape index (κ3) is 4.59. The minimum atomic E-state index is -0.0108. The van der Waals surface area contributed by atoms with E-state index >= 15 is 0 Å². The van der Waals surface area contributed by atoms with Gasteiger partial charge in [-0.2, -0.15) is 0 Å². The van der Waals surface area contributed by atoms with E-state index in [0.29, 0.717) is 31.9 Å². The van der Waals surface area contributed by atoms with E-state index in [-0.39, 0.29) is 5.91 Å². The van der Waals surface area contributed by atoms with Crippen molar-refractivity contribution in [3.05, 3.63) is 26.6 Å². The maximum Gasteiger partial charge on any atom is 0.223 e. The SMILES string of the molecule is CCNC(=O)CCOc1c(Br)cc(CN)cc1Br. The van der Waals surface area contributed by atoms with Gasteiger partial charge in [0, 0.05) is 13.1 Å². The van der Waals surface area contributed by atoms with E-state index in [2.05, 4.69) is 37.2 Å². The van der Waals surface area contributed by atoms with Gasteiger partial charge < -0.3 is 15.8 Å². The van der Waals surface area contributed by atoms with E-state index in [4.69, 9.17) is 10.5 Å². The molecule has 0 unspecified atom stereocenters. The number of hydrogen-bond donors (Lipinski definition) is 2. The lowest BCUT2D eigenvalue weighted by Crippen LogP contribution is -2.24. The molecule has 1 aromatic rings. The van der Waals surface area contributed by atoms with Gasteiger partial charge in [0.05, 0.1) is 22.0 Å². The van der Waals surface area contributed by atoms with Crippen molar-refractivity contribution in [2.75, 3.05) is 13.2 Å². The van der Waals surface area contributed by atoms with Crippen molar-refractivity contribution in [3.8, 4) is 5.75 Å². The van der Waals surface area contributed by atoms with Crippen molar-refractivity contribution in [1.29, 1.82) is 0 Å². The molecule has 0 saturated carbocycles. The van der Waals surface area contributed by atoms with Crippen molar-refractivity contribution in [2.24, 2.45) is 5.73 Å². The minimum Gasteiger partial charge on any atom is -0.491 e. The fraction of sp³-hybridized carbons (Fsp3) is 0.417. The van der Waals surface area contributed by atoms with Crippen LogP contribution in [0, 0.1) is 0 Å². The lowest BCUT2D eigenvalue weighted by molar-refractivity contribution is -0.121. The zero-order chi connectivity index (χ0) is 13.5. The Morgan fingerprint density at radius 1 is 1.39 bits per heavy atom. The number of benzene rings is 1. The molecule has 0 aliphatic carbocycles. The Morgan fingerprint density at radius 2 is 2.00 bits per heavy atom. The number of rotatable bonds is 6. The Bertz CT molecular complexity index is 402. The molecule has 0 radical (unpaired) electrons. The molecule has 0 fully saturated rings. The first-order chi connectivity index (χ1) is 8.58. The van der Waals surface area contributed by atoms with Gasteiger partial charge in [0.2, 0.25) is 5.91 Å². The normalized spacial score (nSPS) is 10.2. The highest BCUT2D eigenvalue weighted by Crippen LogP contribution is 2.34. The van der Waals surface area contributed by atoms with Gasteiger partial charge in [0.1, 0.15) is 5.75 Å². The summed E-state index contributed by atoms with van der Waals surface area (Å²) in [6.45, 7) is 3.33. The molecule has 0 spiro atoms. The molecule has 1 amide bonds. The highest BCUT2D eigenvalue weighted by molar-refractivity contribution is 9.11. The molecular formula is C12H16Br2N2O2. The Kier molecular flexibility index (Phi) is 6.67. The molecule has 0 atom stereocenters. The number of nitrogens with one attached hydrogen (secondary N) is 1. The first kappa shape index (κ1) is 15.5. The van der Waals surface area contributed by atoms with Crippen LogP contribution in [-0.2, 0) is 11.3 Å². The van der Waals surface area contributed by atoms with E-state index in [1.54, 1.807) is 0 Å². The van der Waals surface area contributed by atoms with Gasteiger partial charge in [-0.3, -0.25) is 4.79 Å². The highest BCUT2D eigenvalue weighted by Gasteiger charge is 2.09. The predicted octanol–water partition coefficient (Wildman–Crippen LogP) is 2.58. The number of carbonyl (C=O) groups excluding carboxylic acids is 1. The van der Waals surface area contributed by atoms with E-state index in [1.807, 2.05) is 19.1 Å². The van der Waals surface area contributed by atoms with Crippen LogP contribution in [-0.4, -0.2) is 19.1 Å². The number of nitrogens with two attached hydrogens (primary N) is 1. The minimum absolute atomic E-state index is 0.0108. The number of halogens is 2. The summed E-state index contributed by atoms with van der Waals surface area (Å²) in [4.78, 5) is 11.3. The first-order valence-corrected chi connectivity index (χ1v) is 7.24. The average Bonchev–Trinajstić information content (AvgIpc) is 2.32. The molecule has 0 heterocycles. The zero-order valence-corrected chi connectivity index (χ0v) is 13.3. The number of carbonyl (C=O) groups is 1. The third-order valence-electron chi connectivity index (χ3n) is 2.24. The highest BCUT2D eigenvalue weighted by atomic mass is 79.9. The molecule has 0 saturated heterocycles. The second-order valence-electron chi connectivity index (χ2n) is 3.64. The Balaban J connectivity index is 2.60. The van der Waals surface area contributed by atoms with E-state index in [0.717, 1.165) is 14.5 Å². The summed E-state index contributed by atoms with van der Waals surface area (Å²) in [6.07, 6.45) is 0.339. The van der Waals surface area contributed by atoms with Crippen LogP contribution in [0.1, 0.15) is 18.9 Å². The molecule has 0 bridgehead atoms. The number of amides is 1. The van der Waals surface area contributed by atoms with Gasteiger partial charge in [-0.15, -0.1) is 0 Å². The van der Waals surface area contributed by atoms with Crippen molar-refractivity contribution in [2.45, 2.75) is 19.9 Å². The van der Waals surface area contributed by atoms with Crippen LogP contribution >= 0.6 is 31.9 Å². The van der Waals surface area contributed by atoms with Crippen molar-refractivity contribution >= 4 is 37.8 Å². The first-order valence-electron chi connectivity index (χ1n) is 5.66. The summed E-state index contributed by atoms with van der Waals surface area (Å²) in [5.41, 5.74) is 6.58. The fourth-order valence-corrected chi connectivity index (χ4v) is 2.91. The monoisotopic (exact) mass is 378 g/mol. The van der Waals surface area contributed by atoms with Crippen LogP contribution in [0.25, 0.3) is 0 Å². The fourth-order valence-electron chi connectivity index (χ4n) is 1.40. The number of hydrogen-bond acceptors (Lipinski definition) is 3. The smallest absolute Gasteiger partial charge is 0.223 e. The molecule has 6 heteroatoms. The Morgan fingerprint density at radius 3 is 2.50 bits per heavy atom. The van der Waals surface area contributed by atoms with Crippen LogP contribution < -0.4 is 15.8 Å². The Hall–Kier alpha value is -0.590. The van der Waals surface area contributed by atoms with Gasteiger partial charge in [0.25, 0.3) is 0 Å². The van der Waals surface area contributed by atoms with E-state index in [1.165, 1.54) is 0 Å². The predicted molar refractivity (Wildman–Crippen MR) is 78.5 cm³/mol. The second-order valence-corrected chi connectivity index (χ2v) is 5.35. The summed E-state index contributed by atoms with van der Waals surface area (Å²) in [7, 11) is 0. The number of ether oxygens (including phenoxy) is 1. The van der Waals surface area contributed by atoms with Gasteiger partial charge in [-0.25, -0.2) is 0 Å². The topological polar surface area (TPSA) is 64.3 Å². The van der Waals surface area contributed by atoms with Crippen LogP contribution in [0.15, 0.2) is 21.1 Å². The lowest BCUT2D eigenvalue weighted by Gasteiger charge is -2.11. The molecule has 1 aromatic carbocycles. The van der Waals surface area contributed by atoms with E-state index < -0.39 is 0 Å². The maximum atomic E-state index is 11.3. The van der Waals surface area contributed by atoms with Gasteiger partial charge in [-0.05, 0) is 56.5 Å². The molecule has 1 rings (SSSR count). The van der Waals surface area contributed by atoms with Crippen molar-refractivity contribution < 1.29 is 9.53 Å². The summed E-state index contributed by atoms with van der Waals surface area (Å²) in [5.74, 6) is 0.680. The summed E-state index contributed by atoms with van der Waals surface area (Å²) in [5, 5.41) is 2.72. The maximum absolute atomic E-state index is 11.3. The molecule has 18 heavy (non-hydrogen) atoms. The average molecular weight is 380 g/mol. The van der Waals surface area contributed by atoms with Gasteiger partial charge >= 0.3 is 0 Å². The Labute approximate surface area is 124 Å². The molecule has 3 N–H and O–H groups in total. The van der Waals surface area contributed by atoms with Crippen molar-refractivity contribution in [1.82, 2.24) is 5.32 Å². The largest absolute Gasteiger partial charge is 0.491 e. The summed E-state index contributed by atoms with van der Waals surface area (Å²) >= 11 is 6.85. The van der Waals surface area contributed by atoms with Crippen molar-refractivity contribution in [3.63, 3.8) is 0 Å². The molecule has 0 aliphatic heterocycles. The van der Waals surface area contributed by atoms with Crippen LogP contribution in [0.3, 0.4) is 0 Å². The molecule has 4 nitrogen and oxygen atoms in total. The molecule has 100 valence electrons. The van der Waals surface area contributed by atoms with Crippen LogP contribution in [0.4, 0.5) is 0 Å². The third-order valence-corrected chi connectivity index (χ3v) is 3.42.